The molecule has 0 aliphatic heterocycles. The van der Waals surface area contributed by atoms with Crippen molar-refractivity contribution >= 4 is 5.91 Å². The molecule has 4 heteroatoms. The number of carbonyl (C=O) groups is 1. The van der Waals surface area contributed by atoms with Gasteiger partial charge in [0.25, 0.3) is 5.91 Å². The number of aromatic nitrogens is 1. The lowest BCUT2D eigenvalue weighted by Gasteiger charge is -2.13. The zero-order chi connectivity index (χ0) is 14.1. The maximum atomic E-state index is 12.1. The van der Waals surface area contributed by atoms with E-state index in [-0.39, 0.29) is 18.6 Å². The monoisotopic (exact) mass is 260 g/mol. The van der Waals surface area contributed by atoms with Crippen molar-refractivity contribution in [2.24, 2.45) is 0 Å². The molecule has 1 amide bonds. The third-order valence-electron chi connectivity index (χ3n) is 2.62. The second-order valence-corrected chi connectivity index (χ2v) is 4.36. The molecule has 1 heterocycles. The fourth-order valence-corrected chi connectivity index (χ4v) is 1.71. The molecule has 0 bridgehead atoms. The molecule has 2 N–H and O–H groups in total. The summed E-state index contributed by atoms with van der Waals surface area (Å²) in [5.74, 6) is 5.54. The van der Waals surface area contributed by atoms with Gasteiger partial charge in [0, 0.05) is 24.9 Å². The van der Waals surface area contributed by atoms with Crippen LogP contribution in [0.1, 0.15) is 49.0 Å². The van der Waals surface area contributed by atoms with Gasteiger partial charge >= 0.3 is 0 Å². The molecule has 0 radical (unpaired) electrons. The van der Waals surface area contributed by atoms with Gasteiger partial charge in [-0.25, -0.2) is 0 Å². The smallest absolute Gasteiger partial charge is 0.252 e. The van der Waals surface area contributed by atoms with Crippen LogP contribution in [0.3, 0.4) is 0 Å². The minimum Gasteiger partial charge on any atom is -0.395 e. The number of rotatable bonds is 5. The molecule has 0 saturated carbocycles. The van der Waals surface area contributed by atoms with Gasteiger partial charge in [-0.2, -0.15) is 0 Å². The van der Waals surface area contributed by atoms with Gasteiger partial charge in [-0.15, -0.1) is 0 Å². The highest BCUT2D eigenvalue weighted by Gasteiger charge is 2.12. The van der Waals surface area contributed by atoms with E-state index in [0.29, 0.717) is 17.5 Å². The Morgan fingerprint density at radius 2 is 2.37 bits per heavy atom. The topological polar surface area (TPSA) is 62.2 Å². The molecule has 0 saturated heterocycles. The van der Waals surface area contributed by atoms with Crippen LogP contribution in [0.5, 0.6) is 0 Å². The molecule has 0 fully saturated rings. The van der Waals surface area contributed by atoms with E-state index in [1.165, 1.54) is 0 Å². The summed E-state index contributed by atoms with van der Waals surface area (Å²) in [7, 11) is 0. The van der Waals surface area contributed by atoms with Gasteiger partial charge in [-0.05, 0) is 19.4 Å². The maximum absolute atomic E-state index is 12.1. The van der Waals surface area contributed by atoms with E-state index in [1.807, 2.05) is 6.92 Å². The van der Waals surface area contributed by atoms with Gasteiger partial charge in [0.2, 0.25) is 0 Å². The average molecular weight is 260 g/mol. The first kappa shape index (κ1) is 15.2. The van der Waals surface area contributed by atoms with Gasteiger partial charge in [0.05, 0.1) is 17.7 Å². The number of hydrogen-bond acceptors (Lipinski definition) is 3. The fourth-order valence-electron chi connectivity index (χ4n) is 1.71. The first-order valence-corrected chi connectivity index (χ1v) is 6.53. The van der Waals surface area contributed by atoms with Crippen molar-refractivity contribution in [2.75, 3.05) is 6.61 Å². The summed E-state index contributed by atoms with van der Waals surface area (Å²) in [6.45, 7) is 4.09. The average Bonchev–Trinajstić information content (AvgIpc) is 2.39. The lowest BCUT2D eigenvalue weighted by Crippen LogP contribution is -2.32. The lowest BCUT2D eigenvalue weighted by atomic mass is 10.1. The number of hydrogen-bond donors (Lipinski definition) is 2. The van der Waals surface area contributed by atoms with Crippen molar-refractivity contribution < 1.29 is 9.90 Å². The van der Waals surface area contributed by atoms with Crippen LogP contribution in [0.15, 0.2) is 18.5 Å². The van der Waals surface area contributed by atoms with Crippen LogP contribution in [-0.4, -0.2) is 28.6 Å². The van der Waals surface area contributed by atoms with Crippen LogP contribution in [0.25, 0.3) is 0 Å². The van der Waals surface area contributed by atoms with E-state index >= 15 is 0 Å². The minimum atomic E-state index is -0.128. The molecule has 19 heavy (non-hydrogen) atoms. The summed E-state index contributed by atoms with van der Waals surface area (Å²) < 4.78 is 0. The molecule has 0 aliphatic rings. The van der Waals surface area contributed by atoms with Crippen molar-refractivity contribution in [1.82, 2.24) is 10.3 Å². The summed E-state index contributed by atoms with van der Waals surface area (Å²) in [6, 6.07) is 1.81. The van der Waals surface area contributed by atoms with E-state index in [9.17, 15) is 4.79 Å². The summed E-state index contributed by atoms with van der Waals surface area (Å²) >= 11 is 0. The van der Waals surface area contributed by atoms with E-state index < -0.39 is 0 Å². The highest BCUT2D eigenvalue weighted by atomic mass is 16.2. The molecule has 1 rings (SSSR count). The van der Waals surface area contributed by atoms with E-state index in [0.717, 1.165) is 12.8 Å². The van der Waals surface area contributed by atoms with Crippen molar-refractivity contribution in [3.8, 4) is 11.8 Å². The molecule has 1 aromatic rings. The Hall–Kier alpha value is -1.86. The molecule has 0 aliphatic carbocycles. The number of carbonyl (C=O) groups excluding carboxylic acids is 1. The van der Waals surface area contributed by atoms with Crippen molar-refractivity contribution in [3.63, 3.8) is 0 Å². The third kappa shape index (κ3) is 5.11. The van der Waals surface area contributed by atoms with Crippen molar-refractivity contribution in [2.45, 2.75) is 39.2 Å². The Kier molecular flexibility index (Phi) is 6.62. The van der Waals surface area contributed by atoms with Gasteiger partial charge < -0.3 is 10.4 Å². The quantitative estimate of drug-likeness (QED) is 0.793. The van der Waals surface area contributed by atoms with Crippen LogP contribution < -0.4 is 5.32 Å². The Bertz CT molecular complexity index is 475. The number of nitrogens with one attached hydrogen (secondary N) is 1. The first-order chi connectivity index (χ1) is 9.19. The zero-order valence-corrected chi connectivity index (χ0v) is 11.4. The lowest BCUT2D eigenvalue weighted by molar-refractivity contribution is 0.0938. The largest absolute Gasteiger partial charge is 0.395 e. The normalized spacial score (nSPS) is 11.3. The molecule has 102 valence electrons. The number of aliphatic hydroxyl groups is 1. The molecule has 0 spiro atoms. The van der Waals surface area contributed by atoms with Crippen LogP contribution in [0, 0.1) is 11.8 Å². The van der Waals surface area contributed by atoms with Crippen LogP contribution in [0.4, 0.5) is 0 Å². The van der Waals surface area contributed by atoms with Gasteiger partial charge in [-0.1, -0.05) is 25.2 Å². The predicted molar refractivity (Wildman–Crippen MR) is 74.7 cm³/mol. The number of nitrogens with zero attached hydrogens (tertiary/aromatic N) is 1. The molecule has 1 unspecified atom stereocenters. The standard InChI is InChI=1S/C15H20N2O2/c1-3-6-12(2)17-15(19)14-8-9-16-11-13(14)7-4-5-10-18/h8-9,11-12,18H,3,5-6,10H2,1-2H3,(H,17,19). The highest BCUT2D eigenvalue weighted by molar-refractivity contribution is 5.96. The Morgan fingerprint density at radius 3 is 3.05 bits per heavy atom. The van der Waals surface area contributed by atoms with Crippen LogP contribution >= 0.6 is 0 Å². The summed E-state index contributed by atoms with van der Waals surface area (Å²) in [6.07, 6.45) is 5.52. The second-order valence-electron chi connectivity index (χ2n) is 4.36. The Morgan fingerprint density at radius 1 is 1.58 bits per heavy atom. The number of amides is 1. The van der Waals surface area contributed by atoms with Gasteiger partial charge in [0.1, 0.15) is 0 Å². The van der Waals surface area contributed by atoms with Crippen LogP contribution in [-0.2, 0) is 0 Å². The summed E-state index contributed by atoms with van der Waals surface area (Å²) in [4.78, 5) is 16.1. The van der Waals surface area contributed by atoms with Crippen molar-refractivity contribution in [1.29, 1.82) is 0 Å². The highest BCUT2D eigenvalue weighted by Crippen LogP contribution is 2.07. The van der Waals surface area contributed by atoms with E-state index in [4.69, 9.17) is 5.11 Å². The molecule has 0 aromatic carbocycles. The molecular formula is C15H20N2O2. The molecular weight excluding hydrogens is 240 g/mol. The Labute approximate surface area is 114 Å². The predicted octanol–water partition coefficient (Wildman–Crippen LogP) is 1.73. The SMILES string of the molecule is CCCC(C)NC(=O)c1ccncc1C#CCCO. The van der Waals surface area contributed by atoms with Crippen LogP contribution in [0.2, 0.25) is 0 Å². The summed E-state index contributed by atoms with van der Waals surface area (Å²) in [5, 5.41) is 11.6. The van der Waals surface area contributed by atoms with E-state index in [1.54, 1.807) is 18.5 Å². The second kappa shape index (κ2) is 8.28. The fraction of sp³-hybridized carbons (Fsp3) is 0.467. The third-order valence-corrected chi connectivity index (χ3v) is 2.62. The van der Waals surface area contributed by atoms with E-state index in [2.05, 4.69) is 29.1 Å². The van der Waals surface area contributed by atoms with Gasteiger partial charge in [0.15, 0.2) is 0 Å². The zero-order valence-electron chi connectivity index (χ0n) is 11.4. The van der Waals surface area contributed by atoms with Gasteiger partial charge in [-0.3, -0.25) is 9.78 Å². The molecule has 1 aromatic heterocycles. The number of aliphatic hydroxyl groups excluding tert-OH is 1. The summed E-state index contributed by atoms with van der Waals surface area (Å²) in [5.41, 5.74) is 1.13. The minimum absolute atomic E-state index is 0.0162. The number of pyridine rings is 1. The maximum Gasteiger partial charge on any atom is 0.252 e. The molecule has 4 nitrogen and oxygen atoms in total. The van der Waals surface area contributed by atoms with Crippen molar-refractivity contribution in [3.05, 3.63) is 29.6 Å². The Balaban J connectivity index is 2.82. The molecule has 1 atom stereocenters. The first-order valence-electron chi connectivity index (χ1n) is 6.53.